The predicted molar refractivity (Wildman–Crippen MR) is 113 cm³/mol. The molecular formula is C21H30N2O2S2. The standard InChI is InChI=1S/C21H30N2O2S2/c1-4-15-8-16-19(24-6-5-20(16)27-15)11-23-9-14-12-25-18(10-22-3)17-7-13(2)26-21(14)17/h7-8,14,18-19,22-23H,4-6,9-12H2,1-3H3. The monoisotopic (exact) mass is 406 g/mol. The smallest absolute Gasteiger partial charge is 0.0960 e. The van der Waals surface area contributed by atoms with Gasteiger partial charge in [-0.2, -0.15) is 0 Å². The van der Waals surface area contributed by atoms with E-state index in [4.69, 9.17) is 9.47 Å². The van der Waals surface area contributed by atoms with E-state index in [1.807, 2.05) is 29.7 Å². The van der Waals surface area contributed by atoms with Crippen LogP contribution in [0.5, 0.6) is 0 Å². The first kappa shape index (κ1) is 19.6. The van der Waals surface area contributed by atoms with E-state index >= 15 is 0 Å². The van der Waals surface area contributed by atoms with Crippen molar-refractivity contribution in [1.82, 2.24) is 10.6 Å². The van der Waals surface area contributed by atoms with Crippen LogP contribution < -0.4 is 10.6 Å². The normalized spacial score (nSPS) is 24.6. The van der Waals surface area contributed by atoms with E-state index in [0.717, 1.165) is 45.7 Å². The fourth-order valence-corrected chi connectivity index (χ4v) is 6.41. The summed E-state index contributed by atoms with van der Waals surface area (Å²) in [5, 5.41) is 6.93. The van der Waals surface area contributed by atoms with Crippen LogP contribution in [0.1, 0.15) is 55.7 Å². The number of likely N-dealkylation sites (N-methyl/N-ethyl adjacent to an activating group) is 1. The lowest BCUT2D eigenvalue weighted by atomic mass is 9.97. The van der Waals surface area contributed by atoms with Crippen LogP contribution in [0.2, 0.25) is 0 Å². The molecule has 0 aromatic carbocycles. The van der Waals surface area contributed by atoms with Gasteiger partial charge >= 0.3 is 0 Å². The number of nitrogens with one attached hydrogen (secondary N) is 2. The van der Waals surface area contributed by atoms with Crippen molar-refractivity contribution in [3.63, 3.8) is 0 Å². The van der Waals surface area contributed by atoms with Crippen LogP contribution in [-0.4, -0.2) is 39.9 Å². The van der Waals surface area contributed by atoms with Gasteiger partial charge in [-0.1, -0.05) is 6.92 Å². The number of hydrogen-bond acceptors (Lipinski definition) is 6. The number of aryl methyl sites for hydroxylation is 2. The molecule has 0 amide bonds. The second kappa shape index (κ2) is 8.72. The van der Waals surface area contributed by atoms with E-state index < -0.39 is 0 Å². The fourth-order valence-electron chi connectivity index (χ4n) is 4.11. The molecule has 0 saturated heterocycles. The van der Waals surface area contributed by atoms with Gasteiger partial charge in [-0.05, 0) is 43.7 Å². The summed E-state index contributed by atoms with van der Waals surface area (Å²) in [6, 6.07) is 4.67. The molecular weight excluding hydrogens is 376 g/mol. The number of thiophene rings is 2. The van der Waals surface area contributed by atoms with Gasteiger partial charge < -0.3 is 20.1 Å². The van der Waals surface area contributed by atoms with Crippen molar-refractivity contribution in [2.45, 2.75) is 44.8 Å². The summed E-state index contributed by atoms with van der Waals surface area (Å²) < 4.78 is 12.2. The Bertz CT molecular complexity index is 770. The fraction of sp³-hybridized carbons (Fsp3) is 0.619. The summed E-state index contributed by atoms with van der Waals surface area (Å²) in [5.41, 5.74) is 2.80. The molecule has 0 fully saturated rings. The summed E-state index contributed by atoms with van der Waals surface area (Å²) in [6.45, 7) is 8.76. The maximum absolute atomic E-state index is 6.16. The molecule has 2 aliphatic heterocycles. The lowest BCUT2D eigenvalue weighted by molar-refractivity contribution is 0.0261. The molecule has 3 unspecified atom stereocenters. The van der Waals surface area contributed by atoms with Crippen LogP contribution in [-0.2, 0) is 22.3 Å². The molecule has 2 aliphatic rings. The molecule has 6 heteroatoms. The Morgan fingerprint density at radius 1 is 1.07 bits per heavy atom. The van der Waals surface area contributed by atoms with E-state index in [-0.39, 0.29) is 12.2 Å². The zero-order valence-electron chi connectivity index (χ0n) is 16.5. The van der Waals surface area contributed by atoms with Gasteiger partial charge in [0.1, 0.15) is 0 Å². The highest BCUT2D eigenvalue weighted by atomic mass is 32.1. The minimum Gasteiger partial charge on any atom is -0.372 e. The highest BCUT2D eigenvalue weighted by Gasteiger charge is 2.30. The first-order chi connectivity index (χ1) is 13.2. The number of rotatable bonds is 7. The Labute approximate surface area is 170 Å². The molecule has 0 spiro atoms. The first-order valence-electron chi connectivity index (χ1n) is 9.99. The molecule has 4 heterocycles. The third-order valence-electron chi connectivity index (χ3n) is 5.48. The number of ether oxygens (including phenoxy) is 2. The molecule has 27 heavy (non-hydrogen) atoms. The highest BCUT2D eigenvalue weighted by Crippen LogP contribution is 2.39. The molecule has 0 radical (unpaired) electrons. The predicted octanol–water partition coefficient (Wildman–Crippen LogP) is 3.96. The van der Waals surface area contributed by atoms with Crippen molar-refractivity contribution in [3.05, 3.63) is 42.8 Å². The third kappa shape index (κ3) is 4.16. The van der Waals surface area contributed by atoms with E-state index in [0.29, 0.717) is 5.92 Å². The van der Waals surface area contributed by atoms with Gasteiger partial charge in [-0.3, -0.25) is 0 Å². The van der Waals surface area contributed by atoms with E-state index in [1.54, 1.807) is 0 Å². The van der Waals surface area contributed by atoms with Gasteiger partial charge in [0, 0.05) is 51.5 Å². The van der Waals surface area contributed by atoms with E-state index in [9.17, 15) is 0 Å². The van der Waals surface area contributed by atoms with Crippen molar-refractivity contribution < 1.29 is 9.47 Å². The maximum atomic E-state index is 6.16. The van der Waals surface area contributed by atoms with Crippen LogP contribution in [0.3, 0.4) is 0 Å². The lowest BCUT2D eigenvalue weighted by Gasteiger charge is -2.30. The van der Waals surface area contributed by atoms with Gasteiger partial charge in [0.2, 0.25) is 0 Å². The Hall–Kier alpha value is -0.760. The summed E-state index contributed by atoms with van der Waals surface area (Å²) in [4.78, 5) is 5.88. The second-order valence-electron chi connectivity index (χ2n) is 7.47. The summed E-state index contributed by atoms with van der Waals surface area (Å²) in [6.07, 6.45) is 2.56. The maximum Gasteiger partial charge on any atom is 0.0960 e. The Morgan fingerprint density at radius 2 is 1.93 bits per heavy atom. The second-order valence-corrected chi connectivity index (χ2v) is 9.97. The highest BCUT2D eigenvalue weighted by molar-refractivity contribution is 7.12. The van der Waals surface area contributed by atoms with E-state index in [2.05, 4.69) is 36.6 Å². The zero-order valence-corrected chi connectivity index (χ0v) is 18.1. The van der Waals surface area contributed by atoms with Gasteiger partial charge in [0.05, 0.1) is 25.4 Å². The SMILES string of the molecule is CCc1cc2c(s1)CCOC2CNCC1COC(CNC)c2cc(C)sc21. The summed E-state index contributed by atoms with van der Waals surface area (Å²) in [5.74, 6) is 0.434. The van der Waals surface area contributed by atoms with Crippen molar-refractivity contribution in [2.24, 2.45) is 0 Å². The molecule has 3 atom stereocenters. The molecule has 2 N–H and O–H groups in total. The van der Waals surface area contributed by atoms with Crippen LogP contribution in [0.25, 0.3) is 0 Å². The topological polar surface area (TPSA) is 42.5 Å². The Morgan fingerprint density at radius 3 is 2.74 bits per heavy atom. The molecule has 148 valence electrons. The molecule has 4 rings (SSSR count). The molecule has 2 aromatic rings. The van der Waals surface area contributed by atoms with Gasteiger partial charge in [0.25, 0.3) is 0 Å². The molecule has 4 nitrogen and oxygen atoms in total. The molecule has 0 aliphatic carbocycles. The van der Waals surface area contributed by atoms with Crippen molar-refractivity contribution in [3.8, 4) is 0 Å². The van der Waals surface area contributed by atoms with Crippen LogP contribution in [0, 0.1) is 6.92 Å². The Balaban J connectivity index is 1.39. The summed E-state index contributed by atoms with van der Waals surface area (Å²) >= 11 is 3.90. The quantitative estimate of drug-likeness (QED) is 0.730. The van der Waals surface area contributed by atoms with E-state index in [1.165, 1.54) is 30.6 Å². The zero-order chi connectivity index (χ0) is 18.8. The average Bonchev–Trinajstić information content (AvgIpc) is 3.27. The van der Waals surface area contributed by atoms with Crippen molar-refractivity contribution in [1.29, 1.82) is 0 Å². The minimum atomic E-state index is 0.189. The van der Waals surface area contributed by atoms with Crippen LogP contribution >= 0.6 is 22.7 Å². The van der Waals surface area contributed by atoms with Gasteiger partial charge in [-0.25, -0.2) is 0 Å². The minimum absolute atomic E-state index is 0.189. The number of fused-ring (bicyclic) bond motifs is 2. The van der Waals surface area contributed by atoms with Crippen LogP contribution in [0.15, 0.2) is 12.1 Å². The molecule has 0 saturated carbocycles. The van der Waals surface area contributed by atoms with Gasteiger partial charge in [-0.15, -0.1) is 22.7 Å². The third-order valence-corrected chi connectivity index (χ3v) is 8.06. The van der Waals surface area contributed by atoms with Gasteiger partial charge in [0.15, 0.2) is 0 Å². The molecule has 2 aromatic heterocycles. The lowest BCUT2D eigenvalue weighted by Crippen LogP contribution is -2.34. The largest absolute Gasteiger partial charge is 0.372 e. The Kier molecular flexibility index (Phi) is 6.31. The number of hydrogen-bond donors (Lipinski definition) is 2. The van der Waals surface area contributed by atoms with Crippen LogP contribution in [0.4, 0.5) is 0 Å². The molecule has 0 bridgehead atoms. The first-order valence-corrected chi connectivity index (χ1v) is 11.6. The summed E-state index contributed by atoms with van der Waals surface area (Å²) in [7, 11) is 1.99. The average molecular weight is 407 g/mol. The van der Waals surface area contributed by atoms with Crippen molar-refractivity contribution in [2.75, 3.05) is 39.9 Å². The van der Waals surface area contributed by atoms with Crippen molar-refractivity contribution >= 4 is 22.7 Å².